The van der Waals surface area contributed by atoms with Gasteiger partial charge in [0.05, 0.1) is 47.6 Å². The maximum absolute atomic E-state index is 6.62. The molecule has 10 heteroatoms. The van der Waals surface area contributed by atoms with Crippen LogP contribution >= 0.6 is 23.2 Å². The monoisotopic (exact) mass is 463 g/mol. The Labute approximate surface area is 190 Å². The van der Waals surface area contributed by atoms with Crippen LogP contribution in [0, 0.1) is 0 Å². The molecule has 1 saturated heterocycles. The van der Waals surface area contributed by atoms with Gasteiger partial charge < -0.3 is 24.8 Å². The Bertz CT molecular complexity index is 1090. The van der Waals surface area contributed by atoms with E-state index in [1.165, 1.54) is 14.2 Å². The highest BCUT2D eigenvalue weighted by atomic mass is 35.5. The molecule has 0 aliphatic carbocycles. The van der Waals surface area contributed by atoms with E-state index in [-0.39, 0.29) is 6.10 Å². The summed E-state index contributed by atoms with van der Waals surface area (Å²) < 4.78 is 16.3. The largest absolute Gasteiger partial charge is 0.495 e. The van der Waals surface area contributed by atoms with E-state index in [2.05, 4.69) is 14.9 Å². The highest BCUT2D eigenvalue weighted by Gasteiger charge is 2.26. The van der Waals surface area contributed by atoms with Crippen LogP contribution in [-0.2, 0) is 4.74 Å². The van der Waals surface area contributed by atoms with E-state index < -0.39 is 0 Å². The molecule has 0 atom stereocenters. The Hall–Kier alpha value is -2.55. The first-order valence-corrected chi connectivity index (χ1v) is 10.5. The van der Waals surface area contributed by atoms with Crippen molar-refractivity contribution in [2.75, 3.05) is 45.1 Å². The molecule has 3 heterocycles. The van der Waals surface area contributed by atoms with Crippen LogP contribution in [0.5, 0.6) is 11.5 Å². The summed E-state index contributed by atoms with van der Waals surface area (Å²) in [6.07, 6.45) is 3.65. The molecule has 1 aliphatic heterocycles. The van der Waals surface area contributed by atoms with Crippen LogP contribution < -0.4 is 20.1 Å². The summed E-state index contributed by atoms with van der Waals surface area (Å²) in [5.74, 6) is 2.34. The number of benzene rings is 1. The maximum atomic E-state index is 6.62. The number of pyridine rings is 1. The number of aromatic nitrogens is 3. The zero-order chi connectivity index (χ0) is 22.1. The zero-order valence-corrected chi connectivity index (χ0v) is 19.0. The summed E-state index contributed by atoms with van der Waals surface area (Å²) in [5.41, 5.74) is 7.03. The highest BCUT2D eigenvalue weighted by molar-refractivity contribution is 6.41. The topological polar surface area (TPSA) is 95.6 Å². The summed E-state index contributed by atoms with van der Waals surface area (Å²) in [6.45, 7) is 1.57. The van der Waals surface area contributed by atoms with Crippen LogP contribution in [0.15, 0.2) is 18.3 Å². The van der Waals surface area contributed by atoms with Gasteiger partial charge in [0.2, 0.25) is 0 Å². The van der Waals surface area contributed by atoms with E-state index in [0.717, 1.165) is 37.1 Å². The van der Waals surface area contributed by atoms with Gasteiger partial charge in [-0.2, -0.15) is 0 Å². The summed E-state index contributed by atoms with van der Waals surface area (Å²) >= 11 is 13.2. The molecule has 3 aromatic rings. The van der Waals surface area contributed by atoms with Gasteiger partial charge in [-0.05, 0) is 18.9 Å². The predicted molar refractivity (Wildman–Crippen MR) is 123 cm³/mol. The number of nitrogens with zero attached hydrogens (tertiary/aromatic N) is 4. The molecule has 0 bridgehead atoms. The van der Waals surface area contributed by atoms with E-state index in [1.54, 1.807) is 25.4 Å². The molecular weight excluding hydrogens is 441 g/mol. The molecule has 1 fully saturated rings. The minimum atomic E-state index is 0.238. The Morgan fingerprint density at radius 2 is 1.65 bits per heavy atom. The van der Waals surface area contributed by atoms with Crippen molar-refractivity contribution < 1.29 is 14.2 Å². The molecule has 0 radical (unpaired) electrons. The van der Waals surface area contributed by atoms with Crippen LogP contribution in [0.4, 0.5) is 11.6 Å². The third-order valence-corrected chi connectivity index (χ3v) is 6.21. The van der Waals surface area contributed by atoms with E-state index in [0.29, 0.717) is 44.3 Å². The molecule has 4 rings (SSSR count). The van der Waals surface area contributed by atoms with Gasteiger partial charge in [-0.25, -0.2) is 15.0 Å². The smallest absolute Gasteiger partial charge is 0.165 e. The second-order valence-corrected chi connectivity index (χ2v) is 7.96. The molecule has 0 amide bonds. The SMILES string of the molecule is COc1cc(OC)c(Cl)c(-c2nc(N3CCC(OC)CC3)c3cc(N)ncc3n2)c1Cl. The maximum Gasteiger partial charge on any atom is 0.165 e. The summed E-state index contributed by atoms with van der Waals surface area (Å²) in [4.78, 5) is 16.0. The average molecular weight is 464 g/mol. The van der Waals surface area contributed by atoms with Gasteiger partial charge in [0.15, 0.2) is 5.82 Å². The van der Waals surface area contributed by atoms with Crippen molar-refractivity contribution in [3.05, 3.63) is 28.4 Å². The van der Waals surface area contributed by atoms with Gasteiger partial charge in [0, 0.05) is 31.7 Å². The van der Waals surface area contributed by atoms with Crippen LogP contribution in [0.3, 0.4) is 0 Å². The number of hydrogen-bond acceptors (Lipinski definition) is 8. The molecule has 164 valence electrons. The number of halogens is 2. The lowest BCUT2D eigenvalue weighted by atomic mass is 10.1. The Kier molecular flexibility index (Phi) is 6.22. The third kappa shape index (κ3) is 4.03. The fraction of sp³-hybridized carbons (Fsp3) is 0.381. The highest BCUT2D eigenvalue weighted by Crippen LogP contribution is 2.45. The summed E-state index contributed by atoms with van der Waals surface area (Å²) in [5, 5.41) is 1.43. The van der Waals surface area contributed by atoms with E-state index in [4.69, 9.17) is 48.1 Å². The number of nitrogen functional groups attached to an aromatic ring is 1. The number of methoxy groups -OCH3 is 3. The van der Waals surface area contributed by atoms with Crippen molar-refractivity contribution >= 4 is 45.7 Å². The van der Waals surface area contributed by atoms with Crippen LogP contribution in [0.25, 0.3) is 22.3 Å². The normalized spacial score (nSPS) is 14.8. The first-order valence-electron chi connectivity index (χ1n) is 9.78. The summed E-state index contributed by atoms with van der Waals surface area (Å²) in [7, 11) is 4.79. The number of piperidine rings is 1. The zero-order valence-electron chi connectivity index (χ0n) is 17.5. The first-order chi connectivity index (χ1) is 15.0. The molecule has 0 spiro atoms. The Balaban J connectivity index is 1.92. The Morgan fingerprint density at radius 3 is 2.23 bits per heavy atom. The second-order valence-electron chi connectivity index (χ2n) is 7.20. The van der Waals surface area contributed by atoms with Crippen LogP contribution in [-0.4, -0.2) is 55.5 Å². The van der Waals surface area contributed by atoms with Crippen molar-refractivity contribution in [3.8, 4) is 22.9 Å². The third-order valence-electron chi connectivity index (χ3n) is 5.46. The summed E-state index contributed by atoms with van der Waals surface area (Å²) in [6, 6.07) is 3.42. The van der Waals surface area contributed by atoms with Crippen LogP contribution in [0.1, 0.15) is 12.8 Å². The van der Waals surface area contributed by atoms with Crippen molar-refractivity contribution in [2.45, 2.75) is 18.9 Å². The second kappa shape index (κ2) is 8.90. The fourth-order valence-corrected chi connectivity index (χ4v) is 4.44. The lowest BCUT2D eigenvalue weighted by Gasteiger charge is -2.32. The van der Waals surface area contributed by atoms with Crippen molar-refractivity contribution in [2.24, 2.45) is 0 Å². The minimum absolute atomic E-state index is 0.238. The Morgan fingerprint density at radius 1 is 1.00 bits per heavy atom. The number of hydrogen-bond donors (Lipinski definition) is 1. The number of fused-ring (bicyclic) bond motifs is 1. The van der Waals surface area contributed by atoms with Gasteiger partial charge in [0.25, 0.3) is 0 Å². The number of rotatable bonds is 5. The van der Waals surface area contributed by atoms with Crippen molar-refractivity contribution in [1.82, 2.24) is 15.0 Å². The lowest BCUT2D eigenvalue weighted by Crippen LogP contribution is -2.37. The number of ether oxygens (including phenoxy) is 3. The predicted octanol–water partition coefficient (Wildman–Crippen LogP) is 4.21. The van der Waals surface area contributed by atoms with Gasteiger partial charge in [-0.3, -0.25) is 0 Å². The first kappa shape index (κ1) is 21.7. The van der Waals surface area contributed by atoms with Gasteiger partial charge in [0.1, 0.15) is 23.1 Å². The van der Waals surface area contributed by atoms with E-state index in [1.807, 2.05) is 0 Å². The molecular formula is C21H23Cl2N5O3. The van der Waals surface area contributed by atoms with E-state index in [9.17, 15) is 0 Å². The van der Waals surface area contributed by atoms with Gasteiger partial charge in [-0.1, -0.05) is 23.2 Å². The fourth-order valence-electron chi connectivity index (χ4n) is 3.77. The average Bonchev–Trinajstić information content (AvgIpc) is 2.79. The number of nitrogens with two attached hydrogens (primary N) is 1. The number of anilines is 2. The molecule has 2 aromatic heterocycles. The molecule has 0 unspecified atom stereocenters. The van der Waals surface area contributed by atoms with Crippen molar-refractivity contribution in [1.29, 1.82) is 0 Å². The molecule has 0 saturated carbocycles. The lowest BCUT2D eigenvalue weighted by molar-refractivity contribution is 0.0818. The molecule has 31 heavy (non-hydrogen) atoms. The minimum Gasteiger partial charge on any atom is -0.495 e. The molecule has 1 aromatic carbocycles. The van der Waals surface area contributed by atoms with E-state index >= 15 is 0 Å². The van der Waals surface area contributed by atoms with Gasteiger partial charge in [-0.15, -0.1) is 0 Å². The van der Waals surface area contributed by atoms with Crippen LogP contribution in [0.2, 0.25) is 10.0 Å². The molecule has 2 N–H and O–H groups in total. The van der Waals surface area contributed by atoms with Crippen molar-refractivity contribution in [3.63, 3.8) is 0 Å². The quantitative estimate of drug-likeness (QED) is 0.600. The molecule has 8 nitrogen and oxygen atoms in total. The van der Waals surface area contributed by atoms with Gasteiger partial charge >= 0.3 is 0 Å². The molecule has 1 aliphatic rings. The standard InChI is InChI=1S/C21H23Cl2N5O3/c1-29-11-4-6-28(7-5-11)21-12-8-16(24)25-10-13(12)26-20(27-21)17-18(22)14(30-2)9-15(31-3)19(17)23/h8-11H,4-7H2,1-3H3,(H2,24,25).